The van der Waals surface area contributed by atoms with Gasteiger partial charge in [0.1, 0.15) is 0 Å². The van der Waals surface area contributed by atoms with Gasteiger partial charge in [0.25, 0.3) is 0 Å². The summed E-state index contributed by atoms with van der Waals surface area (Å²) in [4.78, 5) is 0. The van der Waals surface area contributed by atoms with Crippen molar-refractivity contribution in [3.63, 3.8) is 0 Å². The summed E-state index contributed by atoms with van der Waals surface area (Å²) in [6, 6.07) is 0. The van der Waals surface area contributed by atoms with Gasteiger partial charge in [-0.2, -0.15) is 0 Å². The largest absolute Gasteiger partial charge is 0.0995 e. The molecule has 0 nitrogen and oxygen atoms in total. The molecule has 0 amide bonds. The third kappa shape index (κ3) is 65.1. The summed E-state index contributed by atoms with van der Waals surface area (Å²) >= 11 is 0. The molecular weight excluding hydrogens is 901 g/mol. The minimum absolute atomic E-state index is 0.251. The lowest BCUT2D eigenvalue weighted by molar-refractivity contribution is 0.255. The third-order valence-corrected chi connectivity index (χ3v) is 16.2. The van der Waals surface area contributed by atoms with Gasteiger partial charge in [0, 0.05) is 0 Å². The first-order chi connectivity index (χ1) is 35.1. The Morgan fingerprint density at radius 1 is 0.413 bits per heavy atom. The molecule has 0 aromatic heterocycles. The summed E-state index contributed by atoms with van der Waals surface area (Å²) in [5.74, 6) is 5.25. The zero-order valence-electron chi connectivity index (χ0n) is 56.3. The monoisotopic (exact) mass is 1050 g/mol. The van der Waals surface area contributed by atoms with Crippen molar-refractivity contribution in [2.24, 2.45) is 51.8 Å². The fraction of sp³-hybridized carbons (Fsp3) is 0.867. The second kappa shape index (κ2) is 49.7. The molecule has 0 saturated carbocycles. The molecule has 0 spiro atoms. The lowest BCUT2D eigenvalue weighted by Crippen LogP contribution is -2.13. The Morgan fingerprint density at radius 2 is 0.880 bits per heavy atom. The van der Waals surface area contributed by atoms with Crippen molar-refractivity contribution in [1.29, 1.82) is 0 Å². The van der Waals surface area contributed by atoms with Crippen molar-refractivity contribution in [2.75, 3.05) is 0 Å². The standard InChI is InChI=1S/C28H58.C28H48.C19H40/c2*1-23(2)13-12-15-26(6)18-19-27(7)20-22-28(8,9)21-11-10-14-25(5)17-16-24(3)4;1-5-6-7-8-9-10-11-12-13-14-15-16-17-18-19(2,3)4/h23-27H,10-22H2,1-9H3;11,13,17-18,21,24H,7,10,12,14-16,19-20,22H2,1-6,8-9H3;5-18H2,1-4H3/b;21-11+,25-17-,26-18+;. The van der Waals surface area contributed by atoms with Crippen molar-refractivity contribution >= 4 is 0 Å². The van der Waals surface area contributed by atoms with Gasteiger partial charge in [0.05, 0.1) is 0 Å². The molecule has 3 atom stereocenters. The Bertz CT molecular complexity index is 1370. The maximum absolute atomic E-state index is 4.30. The lowest BCUT2D eigenvalue weighted by atomic mass is 9.79. The van der Waals surface area contributed by atoms with Crippen molar-refractivity contribution in [3.05, 3.63) is 59.3 Å². The number of hydrogen-bond donors (Lipinski definition) is 0. The molecule has 3 unspecified atom stereocenters. The maximum Gasteiger partial charge on any atom is -0.0139 e. The van der Waals surface area contributed by atoms with E-state index in [1.807, 2.05) is 0 Å². The Morgan fingerprint density at radius 3 is 1.39 bits per heavy atom. The molecule has 446 valence electrons. The first kappa shape index (κ1) is 77.9. The predicted molar refractivity (Wildman–Crippen MR) is 352 cm³/mol. The minimum atomic E-state index is 0.251. The molecule has 0 heteroatoms. The molecule has 0 aliphatic carbocycles. The van der Waals surface area contributed by atoms with E-state index in [9.17, 15) is 0 Å². The van der Waals surface area contributed by atoms with Gasteiger partial charge in [-0.15, -0.1) is 0 Å². The highest BCUT2D eigenvalue weighted by Crippen LogP contribution is 2.33. The Balaban J connectivity index is -0.00000106. The summed E-state index contributed by atoms with van der Waals surface area (Å²) in [6.07, 6.45) is 60.0. The van der Waals surface area contributed by atoms with E-state index in [0.29, 0.717) is 10.8 Å². The van der Waals surface area contributed by atoms with E-state index in [0.717, 1.165) is 67.6 Å². The van der Waals surface area contributed by atoms with E-state index in [1.165, 1.54) is 215 Å². The van der Waals surface area contributed by atoms with E-state index < -0.39 is 0 Å². The molecule has 75 heavy (non-hydrogen) atoms. The molecule has 0 radical (unpaired) electrons. The van der Waals surface area contributed by atoms with E-state index in [1.54, 1.807) is 0 Å². The first-order valence-corrected chi connectivity index (χ1v) is 33.4. The zero-order valence-corrected chi connectivity index (χ0v) is 56.3. The number of hydrogen-bond acceptors (Lipinski definition) is 0. The van der Waals surface area contributed by atoms with Crippen LogP contribution >= 0.6 is 0 Å². The van der Waals surface area contributed by atoms with Crippen LogP contribution in [0, 0.1) is 51.8 Å². The lowest BCUT2D eigenvalue weighted by Gasteiger charge is -2.27. The molecule has 0 aromatic carbocycles. The second-order valence-electron chi connectivity index (χ2n) is 29.6. The van der Waals surface area contributed by atoms with Crippen LogP contribution in [0.1, 0.15) is 370 Å². The smallest absolute Gasteiger partial charge is 0.0139 e. The van der Waals surface area contributed by atoms with Gasteiger partial charge in [-0.05, 0) is 150 Å². The summed E-state index contributed by atoms with van der Waals surface area (Å²) in [6.45, 7) is 53.6. The Kier molecular flexibility index (Phi) is 51.7. The van der Waals surface area contributed by atoms with Crippen LogP contribution in [-0.4, -0.2) is 0 Å². The van der Waals surface area contributed by atoms with Crippen LogP contribution in [0.4, 0.5) is 0 Å². The first-order valence-electron chi connectivity index (χ1n) is 33.4. The molecule has 0 aliphatic rings. The van der Waals surface area contributed by atoms with Crippen LogP contribution in [-0.2, 0) is 0 Å². The van der Waals surface area contributed by atoms with E-state index >= 15 is 0 Å². The SMILES string of the molecule is C=C(C/C=C(\C)CCC=C(C)C)CCC(C)(C)/C=C/CC/C(C)=C\CC(C)C.CC(C)CCCC(C)CCC(C)CCC(C)(C)CCCCC(C)CCC(C)C.CCCCCCCCCCCCCCCC(C)(C)C. The Hall–Kier alpha value is -1.30. The molecule has 0 aliphatic heterocycles. The minimum Gasteiger partial charge on any atom is -0.0995 e. The summed E-state index contributed by atoms with van der Waals surface area (Å²) in [7, 11) is 0. The summed E-state index contributed by atoms with van der Waals surface area (Å²) < 4.78 is 0. The van der Waals surface area contributed by atoms with Crippen molar-refractivity contribution in [2.45, 2.75) is 370 Å². The normalized spacial score (nSPS) is 14.0. The molecule has 0 aromatic rings. The highest BCUT2D eigenvalue weighted by atomic mass is 14.3. The van der Waals surface area contributed by atoms with Gasteiger partial charge in [0.2, 0.25) is 0 Å². The number of unbranched alkanes of at least 4 members (excludes halogenated alkanes) is 13. The van der Waals surface area contributed by atoms with Crippen LogP contribution in [0.2, 0.25) is 0 Å². The molecule has 0 saturated heterocycles. The zero-order chi connectivity index (χ0) is 57.6. The van der Waals surface area contributed by atoms with Crippen LogP contribution in [0.25, 0.3) is 0 Å². The van der Waals surface area contributed by atoms with Gasteiger partial charge in [-0.1, -0.05) is 331 Å². The fourth-order valence-corrected chi connectivity index (χ4v) is 9.97. The molecule has 0 heterocycles. The van der Waals surface area contributed by atoms with Crippen LogP contribution in [0.5, 0.6) is 0 Å². The molecule has 0 N–H and O–H groups in total. The van der Waals surface area contributed by atoms with E-state index in [2.05, 4.69) is 182 Å². The summed E-state index contributed by atoms with van der Waals surface area (Å²) in [5, 5.41) is 0. The molecular formula is C75H146. The van der Waals surface area contributed by atoms with Gasteiger partial charge in [-0.25, -0.2) is 0 Å². The van der Waals surface area contributed by atoms with E-state index in [4.69, 9.17) is 0 Å². The summed E-state index contributed by atoms with van der Waals surface area (Å²) in [5.41, 5.74) is 7.11. The van der Waals surface area contributed by atoms with E-state index in [-0.39, 0.29) is 5.41 Å². The Labute approximate surface area is 478 Å². The van der Waals surface area contributed by atoms with Gasteiger partial charge in [0.15, 0.2) is 0 Å². The van der Waals surface area contributed by atoms with Crippen LogP contribution in [0.3, 0.4) is 0 Å². The topological polar surface area (TPSA) is 0 Å². The van der Waals surface area contributed by atoms with Gasteiger partial charge >= 0.3 is 0 Å². The highest BCUT2D eigenvalue weighted by molar-refractivity contribution is 5.10. The maximum atomic E-state index is 4.30. The van der Waals surface area contributed by atoms with Crippen LogP contribution < -0.4 is 0 Å². The van der Waals surface area contributed by atoms with Crippen LogP contribution in [0.15, 0.2) is 59.3 Å². The highest BCUT2D eigenvalue weighted by Gasteiger charge is 2.19. The number of allylic oxidation sites excluding steroid dienone is 9. The number of rotatable bonds is 45. The average molecular weight is 1050 g/mol. The average Bonchev–Trinajstić information content (AvgIpc) is 3.31. The third-order valence-electron chi connectivity index (χ3n) is 16.2. The molecule has 0 rings (SSSR count). The fourth-order valence-electron chi connectivity index (χ4n) is 9.97. The quantitative estimate of drug-likeness (QED) is 0.0421. The van der Waals surface area contributed by atoms with Crippen molar-refractivity contribution in [1.82, 2.24) is 0 Å². The molecule has 0 bridgehead atoms. The molecule has 0 fully saturated rings. The second-order valence-corrected chi connectivity index (χ2v) is 29.6. The predicted octanol–water partition coefficient (Wildman–Crippen LogP) is 27.6. The van der Waals surface area contributed by atoms with Gasteiger partial charge < -0.3 is 0 Å². The van der Waals surface area contributed by atoms with Crippen molar-refractivity contribution in [3.8, 4) is 0 Å². The van der Waals surface area contributed by atoms with Crippen molar-refractivity contribution < 1.29 is 0 Å². The van der Waals surface area contributed by atoms with Gasteiger partial charge in [-0.3, -0.25) is 0 Å².